The third-order valence-electron chi connectivity index (χ3n) is 3.02. The third-order valence-corrected chi connectivity index (χ3v) is 3.02. The molecule has 1 aromatic heterocycles. The fourth-order valence-corrected chi connectivity index (χ4v) is 2.03. The number of carboxylic acids is 1. The summed E-state index contributed by atoms with van der Waals surface area (Å²) in [5.41, 5.74) is 0.965. The predicted molar refractivity (Wildman–Crippen MR) is 78.2 cm³/mol. The number of benzene rings is 1. The van der Waals surface area contributed by atoms with E-state index in [9.17, 15) is 9.90 Å². The topological polar surface area (TPSA) is 71.5 Å². The standard InChI is InChI=1S/C15H18N2O3/c1-10(9-20-2)8-16-14-12(15(18)19)7-11-5-3-4-6-13(11)17-14/h3-7,10H,8-9H2,1-2H3,(H,16,17)(H,18,19). The molecule has 0 saturated carbocycles. The van der Waals surface area contributed by atoms with Gasteiger partial charge in [-0.1, -0.05) is 25.1 Å². The Balaban J connectivity index is 2.30. The van der Waals surface area contributed by atoms with Crippen LogP contribution in [0.5, 0.6) is 0 Å². The van der Waals surface area contributed by atoms with E-state index in [1.165, 1.54) is 0 Å². The Morgan fingerprint density at radius 2 is 2.20 bits per heavy atom. The van der Waals surface area contributed by atoms with Gasteiger partial charge in [0.25, 0.3) is 0 Å². The van der Waals surface area contributed by atoms with Crippen molar-refractivity contribution >= 4 is 22.7 Å². The number of fused-ring (bicyclic) bond motifs is 1. The highest BCUT2D eigenvalue weighted by Gasteiger charge is 2.13. The van der Waals surface area contributed by atoms with Gasteiger partial charge in [0.05, 0.1) is 12.1 Å². The number of nitrogens with one attached hydrogen (secondary N) is 1. The second-order valence-electron chi connectivity index (χ2n) is 4.82. The number of aromatic nitrogens is 1. The molecule has 1 aromatic carbocycles. The van der Waals surface area contributed by atoms with E-state index in [0.29, 0.717) is 19.0 Å². The summed E-state index contributed by atoms with van der Waals surface area (Å²) in [6, 6.07) is 9.11. The lowest BCUT2D eigenvalue weighted by Crippen LogP contribution is -2.18. The number of rotatable bonds is 6. The molecule has 0 aliphatic rings. The second-order valence-corrected chi connectivity index (χ2v) is 4.82. The highest BCUT2D eigenvalue weighted by Crippen LogP contribution is 2.20. The lowest BCUT2D eigenvalue weighted by molar-refractivity contribution is 0.0697. The summed E-state index contributed by atoms with van der Waals surface area (Å²) in [7, 11) is 1.65. The third kappa shape index (κ3) is 3.24. The lowest BCUT2D eigenvalue weighted by Gasteiger charge is -2.14. The summed E-state index contributed by atoms with van der Waals surface area (Å²) in [5.74, 6) is -0.306. The first-order chi connectivity index (χ1) is 9.61. The molecule has 1 unspecified atom stereocenters. The van der Waals surface area contributed by atoms with Gasteiger partial charge in [0.1, 0.15) is 11.4 Å². The number of pyridine rings is 1. The van der Waals surface area contributed by atoms with Crippen LogP contribution in [-0.2, 0) is 4.74 Å². The maximum Gasteiger partial charge on any atom is 0.339 e. The summed E-state index contributed by atoms with van der Waals surface area (Å²) in [6.07, 6.45) is 0. The molecule has 2 rings (SSSR count). The lowest BCUT2D eigenvalue weighted by atomic mass is 10.1. The average Bonchev–Trinajstić information content (AvgIpc) is 2.44. The number of methoxy groups -OCH3 is 1. The number of para-hydroxylation sites is 1. The normalized spacial score (nSPS) is 12.3. The Kier molecular flexibility index (Phi) is 4.53. The van der Waals surface area contributed by atoms with Crippen LogP contribution in [0.25, 0.3) is 10.9 Å². The number of ether oxygens (including phenoxy) is 1. The summed E-state index contributed by atoms with van der Waals surface area (Å²) in [4.78, 5) is 15.7. The van der Waals surface area contributed by atoms with Gasteiger partial charge in [-0.3, -0.25) is 0 Å². The zero-order chi connectivity index (χ0) is 14.5. The minimum absolute atomic E-state index is 0.188. The van der Waals surface area contributed by atoms with Crippen LogP contribution in [0, 0.1) is 5.92 Å². The van der Waals surface area contributed by atoms with Crippen molar-refractivity contribution in [2.45, 2.75) is 6.92 Å². The molecule has 2 aromatic rings. The quantitative estimate of drug-likeness (QED) is 0.847. The van der Waals surface area contributed by atoms with Crippen LogP contribution >= 0.6 is 0 Å². The minimum Gasteiger partial charge on any atom is -0.478 e. The summed E-state index contributed by atoms with van der Waals surface area (Å²) in [6.45, 7) is 3.25. The van der Waals surface area contributed by atoms with Crippen molar-refractivity contribution < 1.29 is 14.6 Å². The molecular formula is C15H18N2O3. The number of anilines is 1. The minimum atomic E-state index is -0.981. The van der Waals surface area contributed by atoms with Gasteiger partial charge < -0.3 is 15.2 Å². The molecule has 1 atom stereocenters. The number of nitrogens with zero attached hydrogens (tertiary/aromatic N) is 1. The number of aromatic carboxylic acids is 1. The van der Waals surface area contributed by atoms with Crippen molar-refractivity contribution in [2.24, 2.45) is 5.92 Å². The Bertz CT molecular complexity index is 613. The van der Waals surface area contributed by atoms with Crippen LogP contribution in [0.3, 0.4) is 0 Å². The first kappa shape index (κ1) is 14.3. The molecule has 0 bridgehead atoms. The van der Waals surface area contributed by atoms with E-state index >= 15 is 0 Å². The maximum absolute atomic E-state index is 11.3. The Hall–Kier alpha value is -2.14. The Morgan fingerprint density at radius 1 is 1.45 bits per heavy atom. The number of carboxylic acid groups (broad SMARTS) is 1. The summed E-state index contributed by atoms with van der Waals surface area (Å²) < 4.78 is 5.06. The van der Waals surface area contributed by atoms with Crippen LogP contribution in [0.1, 0.15) is 17.3 Å². The van der Waals surface area contributed by atoms with Crippen molar-refractivity contribution in [1.29, 1.82) is 0 Å². The van der Waals surface area contributed by atoms with Crippen molar-refractivity contribution in [3.63, 3.8) is 0 Å². The summed E-state index contributed by atoms with van der Waals surface area (Å²) in [5, 5.41) is 13.2. The highest BCUT2D eigenvalue weighted by atomic mass is 16.5. The number of hydrogen-bond donors (Lipinski definition) is 2. The van der Waals surface area contributed by atoms with Gasteiger partial charge in [-0.05, 0) is 18.1 Å². The highest BCUT2D eigenvalue weighted by molar-refractivity contribution is 5.98. The van der Waals surface area contributed by atoms with Crippen molar-refractivity contribution in [3.05, 3.63) is 35.9 Å². The van der Waals surface area contributed by atoms with Gasteiger partial charge in [-0.15, -0.1) is 0 Å². The smallest absolute Gasteiger partial charge is 0.339 e. The van der Waals surface area contributed by atoms with Crippen LogP contribution in [-0.4, -0.2) is 36.3 Å². The first-order valence-electron chi connectivity index (χ1n) is 6.47. The van der Waals surface area contributed by atoms with Gasteiger partial charge in [0, 0.05) is 19.0 Å². The first-order valence-corrected chi connectivity index (χ1v) is 6.47. The van der Waals surface area contributed by atoms with Gasteiger partial charge in [0.2, 0.25) is 0 Å². The molecule has 0 aliphatic heterocycles. The van der Waals surface area contributed by atoms with E-state index in [-0.39, 0.29) is 11.5 Å². The Labute approximate surface area is 117 Å². The van der Waals surface area contributed by atoms with Gasteiger partial charge in [-0.25, -0.2) is 9.78 Å². The fraction of sp³-hybridized carbons (Fsp3) is 0.333. The Morgan fingerprint density at radius 3 is 2.90 bits per heavy atom. The van der Waals surface area contributed by atoms with E-state index in [0.717, 1.165) is 10.9 Å². The van der Waals surface area contributed by atoms with Gasteiger partial charge >= 0.3 is 5.97 Å². The van der Waals surface area contributed by atoms with Crippen LogP contribution in [0.15, 0.2) is 30.3 Å². The largest absolute Gasteiger partial charge is 0.478 e. The molecule has 1 heterocycles. The second kappa shape index (κ2) is 6.34. The molecule has 0 aliphatic carbocycles. The molecule has 106 valence electrons. The van der Waals surface area contributed by atoms with E-state index in [1.54, 1.807) is 13.2 Å². The van der Waals surface area contributed by atoms with E-state index < -0.39 is 5.97 Å². The molecule has 0 fully saturated rings. The van der Waals surface area contributed by atoms with Crippen LogP contribution < -0.4 is 5.32 Å². The van der Waals surface area contributed by atoms with Crippen molar-refractivity contribution in [2.75, 3.05) is 25.6 Å². The van der Waals surface area contributed by atoms with E-state index in [2.05, 4.69) is 10.3 Å². The maximum atomic E-state index is 11.3. The van der Waals surface area contributed by atoms with Crippen molar-refractivity contribution in [3.8, 4) is 0 Å². The van der Waals surface area contributed by atoms with Crippen LogP contribution in [0.4, 0.5) is 5.82 Å². The van der Waals surface area contributed by atoms with Crippen molar-refractivity contribution in [1.82, 2.24) is 4.98 Å². The molecule has 0 radical (unpaired) electrons. The number of hydrogen-bond acceptors (Lipinski definition) is 4. The molecule has 0 amide bonds. The SMILES string of the molecule is COCC(C)CNc1nc2ccccc2cc1C(=O)O. The van der Waals surface area contributed by atoms with E-state index in [1.807, 2.05) is 31.2 Å². The molecule has 2 N–H and O–H groups in total. The number of carbonyl (C=O) groups is 1. The zero-order valence-corrected chi connectivity index (χ0v) is 11.6. The summed E-state index contributed by atoms with van der Waals surface area (Å²) >= 11 is 0. The molecule has 0 saturated heterocycles. The molecule has 20 heavy (non-hydrogen) atoms. The average molecular weight is 274 g/mol. The van der Waals surface area contributed by atoms with Gasteiger partial charge in [0.15, 0.2) is 0 Å². The molecular weight excluding hydrogens is 256 g/mol. The van der Waals surface area contributed by atoms with Crippen LogP contribution in [0.2, 0.25) is 0 Å². The molecule has 5 nitrogen and oxygen atoms in total. The fourth-order valence-electron chi connectivity index (χ4n) is 2.03. The zero-order valence-electron chi connectivity index (χ0n) is 11.6. The monoisotopic (exact) mass is 274 g/mol. The van der Waals surface area contributed by atoms with E-state index in [4.69, 9.17) is 4.74 Å². The molecule has 5 heteroatoms. The predicted octanol–water partition coefficient (Wildman–Crippen LogP) is 2.63. The molecule has 0 spiro atoms. The van der Waals surface area contributed by atoms with Gasteiger partial charge in [-0.2, -0.15) is 0 Å².